The molecule has 0 aromatic carbocycles. The highest BCUT2D eigenvalue weighted by Gasteiger charge is 2.42. The molecule has 1 N–H and O–H groups in total. The van der Waals surface area contributed by atoms with E-state index in [1.54, 1.807) is 31.0 Å². The van der Waals surface area contributed by atoms with E-state index in [1.807, 2.05) is 10.8 Å². The maximum Gasteiger partial charge on any atom is 0.246 e. The van der Waals surface area contributed by atoms with Crippen molar-refractivity contribution in [2.45, 2.75) is 24.9 Å². The van der Waals surface area contributed by atoms with Gasteiger partial charge in [-0.05, 0) is 24.3 Å². The normalized spacial score (nSPS) is 17.7. The van der Waals surface area contributed by atoms with Crippen molar-refractivity contribution in [2.75, 3.05) is 33.4 Å². The Kier molecular flexibility index (Phi) is 5.65. The van der Waals surface area contributed by atoms with E-state index < -0.39 is 5.54 Å². The van der Waals surface area contributed by atoms with Crippen molar-refractivity contribution in [3.8, 4) is 0 Å². The van der Waals surface area contributed by atoms with Gasteiger partial charge in [0.2, 0.25) is 5.91 Å². The van der Waals surface area contributed by atoms with Crippen LogP contribution in [0.2, 0.25) is 0 Å². The summed E-state index contributed by atoms with van der Waals surface area (Å²) in [6.45, 7) is 3.81. The van der Waals surface area contributed by atoms with Gasteiger partial charge in [0.1, 0.15) is 5.54 Å². The van der Waals surface area contributed by atoms with E-state index in [1.165, 1.54) is 4.88 Å². The molecular weight excluding hydrogens is 324 g/mol. The third kappa shape index (κ3) is 3.68. The van der Waals surface area contributed by atoms with Gasteiger partial charge in [-0.1, -0.05) is 6.07 Å². The van der Waals surface area contributed by atoms with Crippen LogP contribution in [-0.2, 0) is 21.6 Å². The Bertz CT molecular complexity index is 619. The number of amides is 1. The van der Waals surface area contributed by atoms with Gasteiger partial charge in [0, 0.05) is 50.6 Å². The summed E-state index contributed by atoms with van der Waals surface area (Å²) in [6, 6.07) is 4.25. The number of carbonyl (C=O) groups is 1. The van der Waals surface area contributed by atoms with Gasteiger partial charge in [-0.15, -0.1) is 11.3 Å². The highest BCUT2D eigenvalue weighted by molar-refractivity contribution is 7.09. The van der Waals surface area contributed by atoms with Crippen molar-refractivity contribution in [2.24, 2.45) is 0 Å². The standard InChI is InChI=1S/C17H24N4O2S/c1-23-11-7-19-16(22)17(21-10-6-18-14-21)4-8-20(9-5-17)13-15-3-2-12-24-15/h2-3,6,10,12,14H,4-5,7-9,11,13H2,1H3,(H,19,22). The van der Waals surface area contributed by atoms with Crippen LogP contribution < -0.4 is 5.32 Å². The van der Waals surface area contributed by atoms with E-state index in [0.717, 1.165) is 32.5 Å². The number of rotatable bonds is 7. The zero-order valence-corrected chi connectivity index (χ0v) is 14.8. The topological polar surface area (TPSA) is 59.4 Å². The van der Waals surface area contributed by atoms with Crippen molar-refractivity contribution < 1.29 is 9.53 Å². The van der Waals surface area contributed by atoms with Gasteiger partial charge in [0.15, 0.2) is 0 Å². The van der Waals surface area contributed by atoms with Gasteiger partial charge in [0.25, 0.3) is 0 Å². The molecule has 0 bridgehead atoms. The Labute approximate surface area is 146 Å². The number of piperidine rings is 1. The van der Waals surface area contributed by atoms with Gasteiger partial charge in [0.05, 0.1) is 12.9 Å². The molecule has 6 nitrogen and oxygen atoms in total. The molecule has 3 heterocycles. The molecule has 1 fully saturated rings. The maximum atomic E-state index is 12.9. The van der Waals surface area contributed by atoms with Gasteiger partial charge < -0.3 is 14.6 Å². The highest BCUT2D eigenvalue weighted by atomic mass is 32.1. The van der Waals surface area contributed by atoms with Crippen molar-refractivity contribution in [3.63, 3.8) is 0 Å². The third-order valence-corrected chi connectivity index (χ3v) is 5.52. The van der Waals surface area contributed by atoms with Crippen LogP contribution in [0.25, 0.3) is 0 Å². The first kappa shape index (κ1) is 17.1. The van der Waals surface area contributed by atoms with Gasteiger partial charge >= 0.3 is 0 Å². The Morgan fingerprint density at radius 1 is 1.46 bits per heavy atom. The molecule has 0 unspecified atom stereocenters. The predicted octanol–water partition coefficient (Wildman–Crippen LogP) is 1.70. The van der Waals surface area contributed by atoms with Crippen molar-refractivity contribution in [1.82, 2.24) is 19.8 Å². The molecule has 0 radical (unpaired) electrons. The number of ether oxygens (including phenoxy) is 1. The molecule has 0 atom stereocenters. The zero-order chi connectivity index (χ0) is 16.8. The molecule has 1 saturated heterocycles. The summed E-state index contributed by atoms with van der Waals surface area (Å²) in [6.07, 6.45) is 6.96. The number of hydrogen-bond acceptors (Lipinski definition) is 5. The molecule has 3 rings (SSSR count). The quantitative estimate of drug-likeness (QED) is 0.774. The fourth-order valence-corrected chi connectivity index (χ4v) is 4.00. The molecule has 0 aliphatic carbocycles. The second-order valence-electron chi connectivity index (χ2n) is 6.11. The third-order valence-electron chi connectivity index (χ3n) is 4.66. The summed E-state index contributed by atoms with van der Waals surface area (Å²) < 4.78 is 7.01. The number of nitrogens with one attached hydrogen (secondary N) is 1. The molecule has 0 saturated carbocycles. The number of aromatic nitrogens is 2. The SMILES string of the molecule is COCCNC(=O)C1(n2ccnc2)CCN(Cc2cccs2)CC1. The summed E-state index contributed by atoms with van der Waals surface area (Å²) in [5, 5.41) is 5.12. The molecule has 7 heteroatoms. The van der Waals surface area contributed by atoms with E-state index in [2.05, 4.69) is 32.7 Å². The van der Waals surface area contributed by atoms with Gasteiger partial charge in [-0.2, -0.15) is 0 Å². The number of nitrogens with zero attached hydrogens (tertiary/aromatic N) is 3. The predicted molar refractivity (Wildman–Crippen MR) is 93.9 cm³/mol. The summed E-state index contributed by atoms with van der Waals surface area (Å²) in [5.41, 5.74) is -0.545. The first-order chi connectivity index (χ1) is 11.7. The summed E-state index contributed by atoms with van der Waals surface area (Å²) in [7, 11) is 1.64. The van der Waals surface area contributed by atoms with Crippen LogP contribution >= 0.6 is 11.3 Å². The molecular formula is C17H24N4O2S. The minimum Gasteiger partial charge on any atom is -0.383 e. The van der Waals surface area contributed by atoms with E-state index in [-0.39, 0.29) is 5.91 Å². The zero-order valence-electron chi connectivity index (χ0n) is 14.0. The van der Waals surface area contributed by atoms with E-state index in [9.17, 15) is 4.79 Å². The Balaban J connectivity index is 1.68. The highest BCUT2D eigenvalue weighted by Crippen LogP contribution is 2.31. The smallest absolute Gasteiger partial charge is 0.246 e. The monoisotopic (exact) mass is 348 g/mol. The molecule has 130 valence electrons. The average Bonchev–Trinajstić information content (AvgIpc) is 3.30. The minimum absolute atomic E-state index is 0.0633. The number of carbonyl (C=O) groups excluding carboxylic acids is 1. The second-order valence-corrected chi connectivity index (χ2v) is 7.14. The van der Waals surface area contributed by atoms with E-state index >= 15 is 0 Å². The van der Waals surface area contributed by atoms with Crippen LogP contribution in [-0.4, -0.2) is 53.7 Å². The first-order valence-electron chi connectivity index (χ1n) is 8.25. The summed E-state index contributed by atoms with van der Waals surface area (Å²) in [4.78, 5) is 20.8. The van der Waals surface area contributed by atoms with Gasteiger partial charge in [-0.25, -0.2) is 4.98 Å². The number of hydrogen-bond donors (Lipinski definition) is 1. The number of imidazole rings is 1. The second kappa shape index (κ2) is 7.92. The average molecular weight is 348 g/mol. The van der Waals surface area contributed by atoms with E-state index in [0.29, 0.717) is 13.2 Å². The Hall–Kier alpha value is -1.70. The van der Waals surface area contributed by atoms with Crippen LogP contribution in [0.3, 0.4) is 0 Å². The lowest BCUT2D eigenvalue weighted by molar-refractivity contribution is -0.132. The first-order valence-corrected chi connectivity index (χ1v) is 9.13. The van der Waals surface area contributed by atoms with Gasteiger partial charge in [-0.3, -0.25) is 9.69 Å². The number of thiophene rings is 1. The molecule has 2 aromatic heterocycles. The lowest BCUT2D eigenvalue weighted by atomic mass is 9.86. The molecule has 24 heavy (non-hydrogen) atoms. The van der Waals surface area contributed by atoms with Crippen LogP contribution in [0, 0.1) is 0 Å². The fourth-order valence-electron chi connectivity index (χ4n) is 3.25. The molecule has 0 spiro atoms. The largest absolute Gasteiger partial charge is 0.383 e. The maximum absolute atomic E-state index is 12.9. The van der Waals surface area contributed by atoms with Crippen molar-refractivity contribution in [3.05, 3.63) is 41.1 Å². The van der Waals surface area contributed by atoms with Crippen molar-refractivity contribution in [1.29, 1.82) is 0 Å². The lowest BCUT2D eigenvalue weighted by Gasteiger charge is -2.41. The Morgan fingerprint density at radius 3 is 2.92 bits per heavy atom. The lowest BCUT2D eigenvalue weighted by Crippen LogP contribution is -2.55. The Morgan fingerprint density at radius 2 is 2.29 bits per heavy atom. The van der Waals surface area contributed by atoms with Crippen LogP contribution in [0.15, 0.2) is 36.2 Å². The molecule has 1 amide bonds. The molecule has 2 aromatic rings. The fraction of sp³-hybridized carbons (Fsp3) is 0.529. The van der Waals surface area contributed by atoms with Crippen LogP contribution in [0.1, 0.15) is 17.7 Å². The van der Waals surface area contributed by atoms with Crippen LogP contribution in [0.4, 0.5) is 0 Å². The van der Waals surface area contributed by atoms with Crippen molar-refractivity contribution >= 4 is 17.2 Å². The number of methoxy groups -OCH3 is 1. The summed E-state index contributed by atoms with van der Waals surface area (Å²) in [5.74, 6) is 0.0633. The van der Waals surface area contributed by atoms with E-state index in [4.69, 9.17) is 4.74 Å². The molecule has 1 aliphatic rings. The minimum atomic E-state index is -0.545. The summed E-state index contributed by atoms with van der Waals surface area (Å²) >= 11 is 1.78. The molecule has 1 aliphatic heterocycles. The van der Waals surface area contributed by atoms with Crippen LogP contribution in [0.5, 0.6) is 0 Å². The number of likely N-dealkylation sites (tertiary alicyclic amines) is 1.